The van der Waals surface area contributed by atoms with Crippen LogP contribution in [0.15, 0.2) is 0 Å². The molecule has 1 unspecified atom stereocenters. The molecule has 1 heterocycles. The largest absolute Gasteiger partial charge is 0.384 e. The minimum atomic E-state index is -0.360. The number of likely N-dealkylation sites (tertiary alicyclic amines) is 1. The second-order valence-corrected chi connectivity index (χ2v) is 5.02. The lowest BCUT2D eigenvalue weighted by molar-refractivity contribution is -0.135. The molecule has 0 aliphatic carbocycles. The molecule has 0 saturated carbocycles. The van der Waals surface area contributed by atoms with E-state index < -0.39 is 0 Å². The molecule has 1 amide bonds. The van der Waals surface area contributed by atoms with Crippen LogP contribution in [0.3, 0.4) is 0 Å². The van der Waals surface area contributed by atoms with Crippen LogP contribution in [0.25, 0.3) is 0 Å². The molecule has 4 heteroatoms. The number of nitrogens with two attached hydrogens (primary N) is 1. The second-order valence-electron chi connectivity index (χ2n) is 5.02. The van der Waals surface area contributed by atoms with E-state index in [9.17, 15) is 4.79 Å². The predicted molar refractivity (Wildman–Crippen MR) is 64.0 cm³/mol. The monoisotopic (exact) mass is 228 g/mol. The quantitative estimate of drug-likeness (QED) is 0.776. The maximum absolute atomic E-state index is 12.0. The fourth-order valence-corrected chi connectivity index (χ4v) is 2.13. The van der Waals surface area contributed by atoms with Gasteiger partial charge in [0.15, 0.2) is 0 Å². The summed E-state index contributed by atoms with van der Waals surface area (Å²) in [5.74, 6) is 0.771. The zero-order valence-electron chi connectivity index (χ0n) is 10.6. The van der Waals surface area contributed by atoms with Crippen molar-refractivity contribution in [3.05, 3.63) is 0 Å². The molecule has 1 rings (SSSR count). The first-order valence-electron chi connectivity index (χ1n) is 6.09. The highest BCUT2D eigenvalue weighted by Gasteiger charge is 2.28. The van der Waals surface area contributed by atoms with Crippen molar-refractivity contribution in [2.45, 2.75) is 32.7 Å². The van der Waals surface area contributed by atoms with Crippen LogP contribution in [0.2, 0.25) is 0 Å². The number of nitrogens with zero attached hydrogens (tertiary/aromatic N) is 1. The standard InChI is InChI=1S/C12H24N2O2/c1-9(2)11(13)12(15)14-6-4-5-10(7-14)8-16-3/h9-11H,4-8,13H2,1-3H3/t10?,11-/m0/s1. The Balaban J connectivity index is 2.49. The van der Waals surface area contributed by atoms with Gasteiger partial charge in [0.2, 0.25) is 5.91 Å². The molecule has 94 valence electrons. The van der Waals surface area contributed by atoms with Crippen LogP contribution in [-0.2, 0) is 9.53 Å². The molecule has 0 radical (unpaired) electrons. The Hall–Kier alpha value is -0.610. The van der Waals surface area contributed by atoms with E-state index in [1.165, 1.54) is 0 Å². The van der Waals surface area contributed by atoms with Crippen molar-refractivity contribution in [1.29, 1.82) is 0 Å². The lowest BCUT2D eigenvalue weighted by Crippen LogP contribution is -2.50. The van der Waals surface area contributed by atoms with E-state index in [0.717, 1.165) is 32.5 Å². The van der Waals surface area contributed by atoms with E-state index in [-0.39, 0.29) is 17.9 Å². The van der Waals surface area contributed by atoms with Gasteiger partial charge in [-0.2, -0.15) is 0 Å². The number of amides is 1. The normalized spacial score (nSPS) is 23.6. The van der Waals surface area contributed by atoms with Crippen LogP contribution in [0.1, 0.15) is 26.7 Å². The SMILES string of the molecule is COCC1CCCN(C(=O)[C@@H](N)C(C)C)C1. The minimum absolute atomic E-state index is 0.0933. The molecular formula is C12H24N2O2. The summed E-state index contributed by atoms with van der Waals surface area (Å²) in [6.07, 6.45) is 2.21. The molecule has 0 spiro atoms. The minimum Gasteiger partial charge on any atom is -0.384 e. The fourth-order valence-electron chi connectivity index (χ4n) is 2.13. The number of carbonyl (C=O) groups is 1. The van der Waals surface area contributed by atoms with Crippen molar-refractivity contribution in [3.63, 3.8) is 0 Å². The number of rotatable bonds is 4. The van der Waals surface area contributed by atoms with Crippen molar-refractivity contribution in [1.82, 2.24) is 4.90 Å². The van der Waals surface area contributed by atoms with E-state index in [4.69, 9.17) is 10.5 Å². The van der Waals surface area contributed by atoms with Crippen LogP contribution >= 0.6 is 0 Å². The van der Waals surface area contributed by atoms with E-state index in [1.54, 1.807) is 7.11 Å². The Morgan fingerprint density at radius 2 is 2.25 bits per heavy atom. The molecule has 0 aromatic carbocycles. The molecule has 16 heavy (non-hydrogen) atoms. The van der Waals surface area contributed by atoms with Crippen molar-refractivity contribution < 1.29 is 9.53 Å². The number of methoxy groups -OCH3 is 1. The van der Waals surface area contributed by atoms with Gasteiger partial charge < -0.3 is 15.4 Å². The van der Waals surface area contributed by atoms with Crippen molar-refractivity contribution in [2.75, 3.05) is 26.8 Å². The van der Waals surface area contributed by atoms with Gasteiger partial charge in [-0.3, -0.25) is 4.79 Å². The van der Waals surface area contributed by atoms with Crippen LogP contribution in [0.4, 0.5) is 0 Å². The van der Waals surface area contributed by atoms with Gasteiger partial charge in [-0.15, -0.1) is 0 Å². The summed E-state index contributed by atoms with van der Waals surface area (Å²) in [6, 6.07) is -0.360. The number of piperidine rings is 1. The van der Waals surface area contributed by atoms with E-state index in [0.29, 0.717) is 5.92 Å². The first-order valence-corrected chi connectivity index (χ1v) is 6.09. The Bertz CT molecular complexity index is 229. The van der Waals surface area contributed by atoms with Gasteiger partial charge in [-0.25, -0.2) is 0 Å². The van der Waals surface area contributed by atoms with Crippen LogP contribution in [0, 0.1) is 11.8 Å². The smallest absolute Gasteiger partial charge is 0.239 e. The van der Waals surface area contributed by atoms with Gasteiger partial charge in [-0.1, -0.05) is 13.8 Å². The first kappa shape index (κ1) is 13.5. The highest BCUT2D eigenvalue weighted by molar-refractivity contribution is 5.82. The maximum atomic E-state index is 12.0. The van der Waals surface area contributed by atoms with E-state index in [1.807, 2.05) is 18.7 Å². The van der Waals surface area contributed by atoms with Gasteiger partial charge in [-0.05, 0) is 24.7 Å². The van der Waals surface area contributed by atoms with Gasteiger partial charge in [0.1, 0.15) is 0 Å². The topological polar surface area (TPSA) is 55.6 Å². The van der Waals surface area contributed by atoms with E-state index in [2.05, 4.69) is 0 Å². The average Bonchev–Trinajstić information content (AvgIpc) is 2.28. The average molecular weight is 228 g/mol. The molecule has 1 fully saturated rings. The summed E-state index contributed by atoms with van der Waals surface area (Å²) in [4.78, 5) is 14.0. The summed E-state index contributed by atoms with van der Waals surface area (Å²) in [7, 11) is 1.71. The van der Waals surface area contributed by atoms with Crippen LogP contribution in [0.5, 0.6) is 0 Å². The number of ether oxygens (including phenoxy) is 1. The fraction of sp³-hybridized carbons (Fsp3) is 0.917. The molecule has 0 bridgehead atoms. The lowest BCUT2D eigenvalue weighted by Gasteiger charge is -2.34. The van der Waals surface area contributed by atoms with Crippen LogP contribution in [-0.4, -0.2) is 43.7 Å². The third-order valence-electron chi connectivity index (χ3n) is 3.24. The molecule has 0 aromatic heterocycles. The molecule has 1 aliphatic heterocycles. The number of carbonyl (C=O) groups excluding carboxylic acids is 1. The van der Waals surface area contributed by atoms with Gasteiger partial charge in [0.25, 0.3) is 0 Å². The molecular weight excluding hydrogens is 204 g/mol. The van der Waals surface area contributed by atoms with Gasteiger partial charge in [0.05, 0.1) is 12.6 Å². The molecule has 1 aliphatic rings. The molecule has 0 aromatic rings. The third-order valence-corrected chi connectivity index (χ3v) is 3.24. The van der Waals surface area contributed by atoms with Crippen molar-refractivity contribution >= 4 is 5.91 Å². The third kappa shape index (κ3) is 3.46. The lowest BCUT2D eigenvalue weighted by atomic mass is 9.96. The zero-order valence-corrected chi connectivity index (χ0v) is 10.6. The summed E-state index contributed by atoms with van der Waals surface area (Å²) >= 11 is 0. The Morgan fingerprint density at radius 3 is 2.81 bits per heavy atom. The van der Waals surface area contributed by atoms with Crippen molar-refractivity contribution in [3.8, 4) is 0 Å². The predicted octanol–water partition coefficient (Wildman–Crippen LogP) is 0.855. The number of hydrogen-bond acceptors (Lipinski definition) is 3. The Labute approximate surface area is 98.1 Å². The van der Waals surface area contributed by atoms with Gasteiger partial charge >= 0.3 is 0 Å². The first-order chi connectivity index (χ1) is 7.56. The van der Waals surface area contributed by atoms with Crippen molar-refractivity contribution in [2.24, 2.45) is 17.6 Å². The Kier molecular flexibility index (Phi) is 5.22. The maximum Gasteiger partial charge on any atom is 0.239 e. The Morgan fingerprint density at radius 1 is 1.56 bits per heavy atom. The summed E-state index contributed by atoms with van der Waals surface area (Å²) in [5.41, 5.74) is 5.89. The molecule has 4 nitrogen and oxygen atoms in total. The summed E-state index contributed by atoms with van der Waals surface area (Å²) in [5, 5.41) is 0. The summed E-state index contributed by atoms with van der Waals surface area (Å²) < 4.78 is 5.15. The van der Waals surface area contributed by atoms with Gasteiger partial charge in [0, 0.05) is 20.2 Å². The molecule has 2 N–H and O–H groups in total. The second kappa shape index (κ2) is 6.21. The zero-order chi connectivity index (χ0) is 12.1. The summed E-state index contributed by atoms with van der Waals surface area (Å²) in [6.45, 7) is 6.35. The van der Waals surface area contributed by atoms with Crippen LogP contribution < -0.4 is 5.73 Å². The van der Waals surface area contributed by atoms with E-state index >= 15 is 0 Å². The highest BCUT2D eigenvalue weighted by atomic mass is 16.5. The highest BCUT2D eigenvalue weighted by Crippen LogP contribution is 2.18. The molecule has 2 atom stereocenters. The number of hydrogen-bond donors (Lipinski definition) is 1. The molecule has 1 saturated heterocycles.